The van der Waals surface area contributed by atoms with Crippen molar-refractivity contribution in [3.63, 3.8) is 0 Å². The molecule has 0 nitrogen and oxygen atoms in total. The minimum absolute atomic E-state index is 0.0788. The standard InChI is InChI=1S/2C24H29.C2H7Si.2CH3.Hf/c2*1-16-11-17-9-8-10-21(22(17)12-16)18-13-19(23(2,3)4)15-20(14-18)24(5,6)7;1-3-2;;;/h2*8-15H,1-7H3;3H,1-2H3;2*1H3;. The van der Waals surface area contributed by atoms with Crippen LogP contribution in [-0.2, 0) is 39.3 Å². The van der Waals surface area contributed by atoms with Crippen molar-refractivity contribution in [2.24, 2.45) is 0 Å². The van der Waals surface area contributed by atoms with Gasteiger partial charge < -0.3 is 0 Å². The van der Waals surface area contributed by atoms with Crippen molar-refractivity contribution in [2.75, 3.05) is 0 Å². The van der Waals surface area contributed by atoms with E-state index in [9.17, 15) is 0 Å². The van der Waals surface area contributed by atoms with E-state index in [0.29, 0.717) is 7.35 Å². The van der Waals surface area contributed by atoms with E-state index >= 15 is 0 Å². The Labute approximate surface area is 332 Å². The van der Waals surface area contributed by atoms with Gasteiger partial charge in [0.2, 0.25) is 0 Å². The zero-order valence-corrected chi connectivity index (χ0v) is 42.1. The van der Waals surface area contributed by atoms with Crippen molar-refractivity contribution in [1.29, 1.82) is 0 Å². The number of fused-ring (bicyclic) bond motifs is 2. The fraction of sp³-hybridized carbons (Fsp3) is 0.462. The van der Waals surface area contributed by atoms with Crippen LogP contribution in [0.3, 0.4) is 0 Å². The molecule has 4 aromatic carbocycles. The van der Waals surface area contributed by atoms with Crippen LogP contribution < -0.4 is 0 Å². The molecule has 0 bridgehead atoms. The second-order valence-corrected chi connectivity index (χ2v) is 76.2. The summed E-state index contributed by atoms with van der Waals surface area (Å²) in [6.07, 6.45) is 5.24. The van der Waals surface area contributed by atoms with Gasteiger partial charge in [0, 0.05) is 0 Å². The van der Waals surface area contributed by atoms with Gasteiger partial charge in [0.25, 0.3) is 0 Å². The first-order valence-electron chi connectivity index (χ1n) is 20.8. The summed E-state index contributed by atoms with van der Waals surface area (Å²) in [5.74, 6) is -1.18. The van der Waals surface area contributed by atoms with E-state index in [2.05, 4.69) is 204 Å². The van der Waals surface area contributed by atoms with Gasteiger partial charge in [-0.1, -0.05) is 0 Å². The van der Waals surface area contributed by atoms with E-state index in [4.69, 9.17) is 0 Å². The average molecular weight is 903 g/mol. The molecule has 2 atom stereocenters. The quantitative estimate of drug-likeness (QED) is 0.175. The molecule has 0 heterocycles. The van der Waals surface area contributed by atoms with Gasteiger partial charge in [-0.3, -0.25) is 0 Å². The normalized spacial score (nSPS) is 18.6. The summed E-state index contributed by atoms with van der Waals surface area (Å²) in [4.78, 5) is 0. The van der Waals surface area contributed by atoms with Crippen molar-refractivity contribution in [3.8, 4) is 22.3 Å². The van der Waals surface area contributed by atoms with Gasteiger partial charge >= 0.3 is 335 Å². The molecular formula is C52H71HfSi. The van der Waals surface area contributed by atoms with Crippen LogP contribution in [0.5, 0.6) is 0 Å². The molecule has 287 valence electrons. The topological polar surface area (TPSA) is 0 Å². The SMILES string of the molecule is CC1=Cc2c(-c3cc(C(C)(C)C)cc(C(C)(C)C)c3)cccc2[CH]1[Hf]([CH3])([CH3])([CH]1C(C)=Cc2c(-c3cc(C(C)(C)C)cc(C(C)(C)C)c3)cccc21)[SiH](C)C. The summed E-state index contributed by atoms with van der Waals surface area (Å²) in [7, 11) is 0. The molecule has 0 saturated carbocycles. The van der Waals surface area contributed by atoms with E-state index < -0.39 is 23.7 Å². The molecule has 0 aromatic heterocycles. The predicted molar refractivity (Wildman–Crippen MR) is 242 cm³/mol. The van der Waals surface area contributed by atoms with Gasteiger partial charge in [0.1, 0.15) is 0 Å². The molecular weight excluding hydrogens is 831 g/mol. The zero-order chi connectivity index (χ0) is 40.2. The summed E-state index contributed by atoms with van der Waals surface area (Å²) >= 11 is -3.96. The molecule has 0 radical (unpaired) electrons. The van der Waals surface area contributed by atoms with Gasteiger partial charge in [-0.25, -0.2) is 0 Å². The first kappa shape index (κ1) is 41.1. The van der Waals surface area contributed by atoms with Gasteiger partial charge in [-0.15, -0.1) is 0 Å². The summed E-state index contributed by atoms with van der Waals surface area (Å²) < 4.78 is 6.88. The molecule has 6 rings (SSSR count). The Morgan fingerprint density at radius 2 is 0.759 bits per heavy atom. The monoisotopic (exact) mass is 903 g/mol. The molecule has 2 heteroatoms. The third-order valence-electron chi connectivity index (χ3n) is 14.2. The molecule has 0 amide bonds. The number of benzene rings is 4. The predicted octanol–water partition coefficient (Wildman–Crippen LogP) is 15.6. The third-order valence-corrected chi connectivity index (χ3v) is 81.1. The second kappa shape index (κ2) is 13.3. The van der Waals surface area contributed by atoms with E-state index in [1.165, 1.54) is 55.6 Å². The fourth-order valence-corrected chi connectivity index (χ4v) is 54.1. The van der Waals surface area contributed by atoms with E-state index in [-0.39, 0.29) is 21.7 Å². The molecule has 0 fully saturated rings. The summed E-state index contributed by atoms with van der Waals surface area (Å²) in [5, 5.41) is 0. The van der Waals surface area contributed by atoms with Gasteiger partial charge in [-0.2, -0.15) is 0 Å². The average Bonchev–Trinajstić information content (AvgIpc) is 3.59. The van der Waals surface area contributed by atoms with E-state index in [1.807, 2.05) is 0 Å². The summed E-state index contributed by atoms with van der Waals surface area (Å²) in [6, 6.07) is 29.5. The van der Waals surface area contributed by atoms with Crippen molar-refractivity contribution in [2.45, 2.75) is 148 Å². The molecule has 0 spiro atoms. The molecule has 0 saturated heterocycles. The molecule has 4 aromatic rings. The van der Waals surface area contributed by atoms with Crippen molar-refractivity contribution in [1.82, 2.24) is 0 Å². The number of allylic oxidation sites excluding steroid dienone is 2. The van der Waals surface area contributed by atoms with Crippen molar-refractivity contribution >= 4 is 18.1 Å². The Balaban J connectivity index is 1.55. The third kappa shape index (κ3) is 6.93. The molecule has 2 aliphatic rings. The van der Waals surface area contributed by atoms with Crippen LogP contribution in [0.1, 0.15) is 149 Å². The van der Waals surface area contributed by atoms with Crippen LogP contribution >= 0.6 is 0 Å². The molecule has 0 aliphatic heterocycles. The van der Waals surface area contributed by atoms with Gasteiger partial charge in [0.15, 0.2) is 0 Å². The van der Waals surface area contributed by atoms with Crippen LogP contribution in [0, 0.1) is 0 Å². The Hall–Kier alpha value is -2.55. The van der Waals surface area contributed by atoms with E-state index in [1.54, 1.807) is 22.3 Å². The van der Waals surface area contributed by atoms with Gasteiger partial charge in [-0.05, 0) is 0 Å². The second-order valence-electron chi connectivity index (χ2n) is 22.7. The van der Waals surface area contributed by atoms with Crippen LogP contribution in [0.2, 0.25) is 22.5 Å². The Kier molecular flexibility index (Phi) is 10.1. The van der Waals surface area contributed by atoms with Crippen molar-refractivity contribution in [3.05, 3.63) is 128 Å². The van der Waals surface area contributed by atoms with Crippen LogP contribution in [-0.4, -0.2) is 5.98 Å². The molecule has 54 heavy (non-hydrogen) atoms. The Bertz CT molecular complexity index is 1980. The van der Waals surface area contributed by atoms with Crippen LogP contribution in [0.25, 0.3) is 34.4 Å². The van der Waals surface area contributed by atoms with Crippen LogP contribution in [0.4, 0.5) is 0 Å². The summed E-state index contributed by atoms with van der Waals surface area (Å²) in [5.41, 5.74) is 20.9. The maximum absolute atomic E-state index is 3.96. The maximum atomic E-state index is 2.90. The Morgan fingerprint density at radius 1 is 0.463 bits per heavy atom. The van der Waals surface area contributed by atoms with Gasteiger partial charge in [0.05, 0.1) is 0 Å². The fourth-order valence-electron chi connectivity index (χ4n) is 10.2. The minimum atomic E-state index is -3.96. The first-order chi connectivity index (χ1) is 24.6. The Morgan fingerprint density at radius 3 is 1.02 bits per heavy atom. The van der Waals surface area contributed by atoms with E-state index in [0.717, 1.165) is 0 Å². The summed E-state index contributed by atoms with van der Waals surface area (Å²) in [6.45, 7) is 38.7. The number of hydrogen-bond donors (Lipinski definition) is 0. The molecule has 2 unspecified atom stereocenters. The number of rotatable bonds is 5. The van der Waals surface area contributed by atoms with Crippen LogP contribution in [0.15, 0.2) is 83.9 Å². The number of hydrogen-bond acceptors (Lipinski definition) is 0. The molecule has 2 aliphatic carbocycles. The zero-order valence-electron chi connectivity index (χ0n) is 37.3. The van der Waals surface area contributed by atoms with Crippen molar-refractivity contribution < 1.29 is 17.7 Å². The first-order valence-corrected chi connectivity index (χ1v) is 41.2. The molecule has 0 N–H and O–H groups in total.